The van der Waals surface area contributed by atoms with Gasteiger partial charge in [0.1, 0.15) is 0 Å². The van der Waals surface area contributed by atoms with E-state index in [4.69, 9.17) is 0 Å². The zero-order chi connectivity index (χ0) is 45.6. The van der Waals surface area contributed by atoms with E-state index in [1.807, 2.05) is 0 Å². The van der Waals surface area contributed by atoms with Crippen LogP contribution in [0.25, 0.3) is 0 Å². The lowest BCUT2D eigenvalue weighted by molar-refractivity contribution is -0.269. The van der Waals surface area contributed by atoms with Gasteiger partial charge in [-0.05, 0) is 122 Å². The van der Waals surface area contributed by atoms with E-state index in [0.717, 1.165) is 23.7 Å². The second-order valence-electron chi connectivity index (χ2n) is 24.7. The van der Waals surface area contributed by atoms with Gasteiger partial charge in [0.15, 0.2) is 0 Å². The zero-order valence-corrected chi connectivity index (χ0v) is 45.4. The van der Waals surface area contributed by atoms with Crippen molar-refractivity contribution in [2.45, 2.75) is 322 Å². The molecule has 0 aromatic heterocycles. The Morgan fingerprint density at radius 3 is 1.46 bits per heavy atom. The van der Waals surface area contributed by atoms with Crippen LogP contribution in [0.5, 0.6) is 0 Å². The molecule has 4 unspecified atom stereocenters. The molecule has 2 rings (SSSR count). The van der Waals surface area contributed by atoms with Gasteiger partial charge in [-0.15, -0.1) is 0 Å². The second kappa shape index (κ2) is 28.7. The Labute approximate surface area is 388 Å². The molecule has 0 spiro atoms. The summed E-state index contributed by atoms with van der Waals surface area (Å²) in [5.41, 5.74) is 5.58. The topological polar surface area (TPSA) is 0 Å². The van der Waals surface area contributed by atoms with Gasteiger partial charge in [-0.1, -0.05) is 263 Å². The number of hydrogen-bond acceptors (Lipinski definition) is 0. The molecule has 0 radical (unpaired) electrons. The third kappa shape index (κ3) is 14.1. The minimum Gasteiger partial charge on any atom is -0.0654 e. The molecule has 0 heteroatoms. The van der Waals surface area contributed by atoms with Gasteiger partial charge in [0.05, 0.1) is 0 Å². The number of unbranched alkanes of at least 4 members (excludes halogenated alkanes) is 13. The Bertz CT molecular complexity index is 1140. The molecule has 362 valence electrons. The van der Waals surface area contributed by atoms with Crippen molar-refractivity contribution in [2.75, 3.05) is 0 Å². The van der Waals surface area contributed by atoms with Gasteiger partial charge >= 0.3 is 0 Å². The lowest BCUT2D eigenvalue weighted by atomic mass is 9.24. The molecule has 1 fully saturated rings. The van der Waals surface area contributed by atoms with E-state index in [-0.39, 0.29) is 21.7 Å². The van der Waals surface area contributed by atoms with Crippen LogP contribution in [0.4, 0.5) is 0 Å². The summed E-state index contributed by atoms with van der Waals surface area (Å²) in [5.74, 6) is 3.85. The van der Waals surface area contributed by atoms with Crippen molar-refractivity contribution in [3.8, 4) is 0 Å². The summed E-state index contributed by atoms with van der Waals surface area (Å²) in [7, 11) is 0. The monoisotopic (exact) mass is 851 g/mol. The Balaban J connectivity index is 3.53. The van der Waals surface area contributed by atoms with E-state index in [1.165, 1.54) is 218 Å². The van der Waals surface area contributed by atoms with Crippen LogP contribution in [0.15, 0.2) is 11.1 Å². The normalized spacial score (nSPS) is 25.6. The van der Waals surface area contributed by atoms with Crippen molar-refractivity contribution >= 4 is 0 Å². The highest BCUT2D eigenvalue weighted by Gasteiger charge is 2.77. The fraction of sp³-hybridized carbons (Fsp3) is 0.967. The van der Waals surface area contributed by atoms with Gasteiger partial charge < -0.3 is 0 Å². The van der Waals surface area contributed by atoms with Gasteiger partial charge in [-0.2, -0.15) is 0 Å². The molecule has 2 aliphatic carbocycles. The second-order valence-corrected chi connectivity index (χ2v) is 24.7. The van der Waals surface area contributed by atoms with Crippen molar-refractivity contribution < 1.29 is 0 Å². The molecule has 4 atom stereocenters. The minimum absolute atomic E-state index is 0.209. The van der Waals surface area contributed by atoms with Gasteiger partial charge in [0.2, 0.25) is 0 Å². The van der Waals surface area contributed by atoms with Crippen LogP contribution in [-0.2, 0) is 0 Å². The molecule has 2 aliphatic rings. The van der Waals surface area contributed by atoms with Crippen molar-refractivity contribution in [2.24, 2.45) is 56.7 Å². The van der Waals surface area contributed by atoms with E-state index in [2.05, 4.69) is 115 Å². The first-order chi connectivity index (χ1) is 29.1. The Kier molecular flexibility index (Phi) is 26.8. The smallest absolute Gasteiger partial charge is 0.000261 e. The zero-order valence-electron chi connectivity index (χ0n) is 45.4. The highest BCUT2D eigenvalue weighted by Crippen LogP contribution is 2.84. The van der Waals surface area contributed by atoms with E-state index < -0.39 is 0 Å². The van der Waals surface area contributed by atoms with E-state index >= 15 is 0 Å². The van der Waals surface area contributed by atoms with E-state index in [9.17, 15) is 0 Å². The molecular weight excluding hydrogens is 733 g/mol. The maximum Gasteiger partial charge on any atom is 0.000261 e. The van der Waals surface area contributed by atoms with E-state index in [1.54, 1.807) is 0 Å². The van der Waals surface area contributed by atoms with Crippen LogP contribution in [0.2, 0.25) is 0 Å². The fourth-order valence-electron chi connectivity index (χ4n) is 15.6. The lowest BCUT2D eigenvalue weighted by Crippen LogP contribution is -2.73. The maximum absolute atomic E-state index is 2.88. The summed E-state index contributed by atoms with van der Waals surface area (Å²) < 4.78 is 0. The Morgan fingerprint density at radius 1 is 0.443 bits per heavy atom. The summed E-state index contributed by atoms with van der Waals surface area (Å²) in [6.45, 7) is 39.3. The van der Waals surface area contributed by atoms with Crippen LogP contribution in [0, 0.1) is 56.7 Å². The first kappa shape index (κ1) is 56.9. The maximum atomic E-state index is 2.88. The van der Waals surface area contributed by atoms with Crippen molar-refractivity contribution in [1.29, 1.82) is 0 Å². The molecule has 0 aromatic rings. The van der Waals surface area contributed by atoms with Crippen LogP contribution in [0.1, 0.15) is 322 Å². The molecule has 0 aromatic carbocycles. The summed E-state index contributed by atoms with van der Waals surface area (Å²) in [4.78, 5) is 0. The van der Waals surface area contributed by atoms with Crippen LogP contribution in [-0.4, -0.2) is 0 Å². The third-order valence-corrected chi connectivity index (χ3v) is 17.9. The van der Waals surface area contributed by atoms with Crippen LogP contribution < -0.4 is 0 Å². The highest BCUT2D eigenvalue weighted by molar-refractivity contribution is 5.43. The summed E-state index contributed by atoms with van der Waals surface area (Å²) in [6, 6.07) is 0. The van der Waals surface area contributed by atoms with Crippen molar-refractivity contribution in [3.63, 3.8) is 0 Å². The summed E-state index contributed by atoms with van der Waals surface area (Å²) in [6.07, 6.45) is 48.5. The first-order valence-corrected chi connectivity index (χ1v) is 28.8. The SMILES string of the molecule is CCCCCCCCC1(C(C)(C)C)C(CCCCC)(CCCCCC(C)C)C(CCC(C)C)=C(CCCCCC)C(CCCC(C)C)(C(C)C)C1(CCCC)C1CCCCC1. The molecule has 0 N–H and O–H groups in total. The minimum atomic E-state index is 0.209. The van der Waals surface area contributed by atoms with Crippen molar-refractivity contribution in [1.82, 2.24) is 0 Å². The molecular formula is C61H118. The molecule has 0 aliphatic heterocycles. The number of hydrogen-bond donors (Lipinski definition) is 0. The van der Waals surface area contributed by atoms with Crippen LogP contribution >= 0.6 is 0 Å². The molecule has 0 bridgehead atoms. The molecule has 61 heavy (non-hydrogen) atoms. The number of allylic oxidation sites excluding steroid dienone is 2. The fourth-order valence-corrected chi connectivity index (χ4v) is 15.6. The average Bonchev–Trinajstić information content (AvgIpc) is 3.20. The van der Waals surface area contributed by atoms with Gasteiger partial charge in [0, 0.05) is 5.41 Å². The number of rotatable bonds is 34. The predicted octanol–water partition coefficient (Wildman–Crippen LogP) is 21.9. The van der Waals surface area contributed by atoms with Gasteiger partial charge in [0.25, 0.3) is 0 Å². The highest BCUT2D eigenvalue weighted by atomic mass is 14.8. The molecule has 0 heterocycles. The lowest BCUT2D eigenvalue weighted by Gasteiger charge is -2.79. The standard InChI is InChI=1S/C61H118/c1-16-20-24-26-27-36-49-61(57(13,14)15)58(45-34-22-18-3,46-35-29-30-38-50(5)6)55(44-43-52(9)10)56(42-33-25-21-17-2)59(53(11)12,47-37-39-51(7)8)60(61,48-23-19-4)54-40-31-28-32-41-54/h50-54H,16-49H2,1-15H3. The van der Waals surface area contributed by atoms with Crippen LogP contribution in [0.3, 0.4) is 0 Å². The molecule has 0 amide bonds. The quantitative estimate of drug-likeness (QED) is 0.0447. The Morgan fingerprint density at radius 2 is 0.918 bits per heavy atom. The Hall–Kier alpha value is -0.260. The third-order valence-electron chi connectivity index (χ3n) is 17.9. The molecule has 1 saturated carbocycles. The average molecular weight is 852 g/mol. The van der Waals surface area contributed by atoms with Gasteiger partial charge in [-0.3, -0.25) is 0 Å². The van der Waals surface area contributed by atoms with E-state index in [0.29, 0.717) is 11.3 Å². The van der Waals surface area contributed by atoms with Gasteiger partial charge in [-0.25, -0.2) is 0 Å². The summed E-state index contributed by atoms with van der Waals surface area (Å²) >= 11 is 0. The molecule has 0 nitrogen and oxygen atoms in total. The van der Waals surface area contributed by atoms with Crippen molar-refractivity contribution in [3.05, 3.63) is 11.1 Å². The largest absolute Gasteiger partial charge is 0.0654 e. The first-order valence-electron chi connectivity index (χ1n) is 28.8. The molecule has 0 saturated heterocycles. The predicted molar refractivity (Wildman–Crippen MR) is 279 cm³/mol. The summed E-state index contributed by atoms with van der Waals surface area (Å²) in [5, 5.41) is 0.